The molecule has 1 aromatic rings. The van der Waals surface area contributed by atoms with Crippen LogP contribution in [-0.2, 0) is 0 Å². The summed E-state index contributed by atoms with van der Waals surface area (Å²) in [7, 11) is 4.60. The minimum Gasteiger partial charge on any atom is -0.493 e. The Morgan fingerprint density at radius 3 is 2.22 bits per heavy atom. The predicted octanol–water partition coefficient (Wildman–Crippen LogP) is 3.09. The second-order valence-electron chi connectivity index (χ2n) is 3.91. The van der Waals surface area contributed by atoms with Gasteiger partial charge in [-0.1, -0.05) is 13.3 Å². The maximum absolute atomic E-state index is 12.1. The number of rotatable bonds is 7. The highest BCUT2D eigenvalue weighted by molar-refractivity contribution is 5.99. The molecule has 0 saturated carbocycles. The molecule has 0 N–H and O–H groups in total. The first-order valence-corrected chi connectivity index (χ1v) is 6.01. The monoisotopic (exact) mass is 252 g/mol. The van der Waals surface area contributed by atoms with Crippen LogP contribution in [0.2, 0.25) is 0 Å². The number of hydrogen-bond acceptors (Lipinski definition) is 4. The van der Waals surface area contributed by atoms with E-state index in [0.29, 0.717) is 29.2 Å². The minimum absolute atomic E-state index is 0.0645. The zero-order valence-corrected chi connectivity index (χ0v) is 11.4. The van der Waals surface area contributed by atoms with Gasteiger partial charge in [-0.3, -0.25) is 4.79 Å². The highest BCUT2D eigenvalue weighted by Gasteiger charge is 2.19. The van der Waals surface area contributed by atoms with E-state index in [1.807, 2.05) is 0 Å². The molecule has 18 heavy (non-hydrogen) atoms. The fourth-order valence-electron chi connectivity index (χ4n) is 1.79. The van der Waals surface area contributed by atoms with E-state index in [4.69, 9.17) is 14.2 Å². The van der Waals surface area contributed by atoms with Gasteiger partial charge in [-0.15, -0.1) is 0 Å². The normalized spacial score (nSPS) is 10.0. The van der Waals surface area contributed by atoms with Gasteiger partial charge in [0.1, 0.15) is 0 Å². The van der Waals surface area contributed by atoms with Gasteiger partial charge in [-0.05, 0) is 18.6 Å². The van der Waals surface area contributed by atoms with E-state index >= 15 is 0 Å². The van der Waals surface area contributed by atoms with Gasteiger partial charge in [0.2, 0.25) is 5.75 Å². The number of unbranched alkanes of at least 4 members (excludes halogenated alkanes) is 1. The Balaban J connectivity index is 3.16. The Bertz CT molecular complexity index is 413. The molecule has 1 rings (SSSR count). The molecule has 0 amide bonds. The summed E-state index contributed by atoms with van der Waals surface area (Å²) < 4.78 is 15.7. The fraction of sp³-hybridized carbons (Fsp3) is 0.500. The predicted molar refractivity (Wildman–Crippen MR) is 70.0 cm³/mol. The highest BCUT2D eigenvalue weighted by Crippen LogP contribution is 2.40. The van der Waals surface area contributed by atoms with E-state index in [1.165, 1.54) is 14.2 Å². The summed E-state index contributed by atoms with van der Waals surface area (Å²) in [6.07, 6.45) is 2.38. The van der Waals surface area contributed by atoms with Crippen LogP contribution in [0, 0.1) is 0 Å². The van der Waals surface area contributed by atoms with Crippen molar-refractivity contribution in [3.8, 4) is 17.2 Å². The summed E-state index contributed by atoms with van der Waals surface area (Å²) in [4.78, 5) is 12.1. The van der Waals surface area contributed by atoms with E-state index < -0.39 is 0 Å². The van der Waals surface area contributed by atoms with E-state index in [9.17, 15) is 4.79 Å². The van der Waals surface area contributed by atoms with Crippen molar-refractivity contribution in [1.82, 2.24) is 0 Å². The van der Waals surface area contributed by atoms with Crippen molar-refractivity contribution in [3.05, 3.63) is 17.7 Å². The molecule has 0 fully saturated rings. The molecule has 0 atom stereocenters. The molecule has 0 saturated heterocycles. The van der Waals surface area contributed by atoms with Gasteiger partial charge < -0.3 is 14.2 Å². The van der Waals surface area contributed by atoms with Crippen molar-refractivity contribution in [3.63, 3.8) is 0 Å². The van der Waals surface area contributed by atoms with Gasteiger partial charge in [0.05, 0.1) is 26.9 Å². The maximum atomic E-state index is 12.1. The summed E-state index contributed by atoms with van der Waals surface area (Å²) in [5, 5.41) is 0. The van der Waals surface area contributed by atoms with Crippen LogP contribution in [0.3, 0.4) is 0 Å². The topological polar surface area (TPSA) is 44.8 Å². The van der Waals surface area contributed by atoms with E-state index in [-0.39, 0.29) is 5.78 Å². The number of hydrogen-bond donors (Lipinski definition) is 0. The largest absolute Gasteiger partial charge is 0.493 e. The van der Waals surface area contributed by atoms with Crippen molar-refractivity contribution < 1.29 is 19.0 Å². The first kappa shape index (κ1) is 14.4. The van der Waals surface area contributed by atoms with E-state index in [2.05, 4.69) is 6.92 Å². The van der Waals surface area contributed by atoms with Crippen molar-refractivity contribution >= 4 is 5.78 Å². The number of ether oxygens (including phenoxy) is 3. The van der Waals surface area contributed by atoms with Crippen molar-refractivity contribution in [2.45, 2.75) is 26.2 Å². The first-order valence-electron chi connectivity index (χ1n) is 6.01. The summed E-state index contributed by atoms with van der Waals surface area (Å²) >= 11 is 0. The molecule has 0 radical (unpaired) electrons. The van der Waals surface area contributed by atoms with Crippen molar-refractivity contribution in [2.75, 3.05) is 21.3 Å². The molecular weight excluding hydrogens is 232 g/mol. The molecule has 100 valence electrons. The summed E-state index contributed by atoms with van der Waals surface area (Å²) in [6.45, 7) is 2.05. The lowest BCUT2D eigenvalue weighted by atomic mass is 10.0. The molecule has 4 nitrogen and oxygen atoms in total. The average Bonchev–Trinajstić information content (AvgIpc) is 2.42. The lowest BCUT2D eigenvalue weighted by molar-refractivity contribution is 0.0976. The third kappa shape index (κ3) is 2.94. The number of carbonyl (C=O) groups is 1. The molecular formula is C14H20O4. The fourth-order valence-corrected chi connectivity index (χ4v) is 1.79. The van der Waals surface area contributed by atoms with Crippen LogP contribution in [-0.4, -0.2) is 27.1 Å². The van der Waals surface area contributed by atoms with Crippen LogP contribution >= 0.6 is 0 Å². The Morgan fingerprint density at radius 2 is 1.72 bits per heavy atom. The quantitative estimate of drug-likeness (QED) is 0.699. The first-order chi connectivity index (χ1) is 8.69. The van der Waals surface area contributed by atoms with Gasteiger partial charge in [-0.2, -0.15) is 0 Å². The summed E-state index contributed by atoms with van der Waals surface area (Å²) in [5.41, 5.74) is 0.545. The third-order valence-electron chi connectivity index (χ3n) is 2.76. The van der Waals surface area contributed by atoms with Crippen LogP contribution in [0.15, 0.2) is 12.1 Å². The summed E-state index contributed by atoms with van der Waals surface area (Å²) in [5.74, 6) is 1.52. The molecule has 0 unspecified atom stereocenters. The van der Waals surface area contributed by atoms with Gasteiger partial charge in [0.15, 0.2) is 17.3 Å². The van der Waals surface area contributed by atoms with Gasteiger partial charge in [0, 0.05) is 6.42 Å². The number of Topliss-reactive ketones (excluding diaryl/α,β-unsaturated/α-hetero) is 1. The van der Waals surface area contributed by atoms with Crippen LogP contribution in [0.1, 0.15) is 36.5 Å². The molecule has 0 bridgehead atoms. The maximum Gasteiger partial charge on any atom is 0.204 e. The molecule has 0 spiro atoms. The lowest BCUT2D eigenvalue weighted by Gasteiger charge is -2.15. The molecule has 0 aliphatic carbocycles. The van der Waals surface area contributed by atoms with E-state index in [0.717, 1.165) is 12.8 Å². The van der Waals surface area contributed by atoms with Gasteiger partial charge >= 0.3 is 0 Å². The molecule has 0 aliphatic heterocycles. The second kappa shape index (κ2) is 6.89. The highest BCUT2D eigenvalue weighted by atomic mass is 16.5. The Hall–Kier alpha value is -1.71. The SMILES string of the molecule is CCCCC(=O)c1ccc(OC)c(OC)c1OC. The zero-order valence-electron chi connectivity index (χ0n) is 11.4. The number of benzene rings is 1. The lowest BCUT2D eigenvalue weighted by Crippen LogP contribution is -2.04. The smallest absolute Gasteiger partial charge is 0.204 e. The number of methoxy groups -OCH3 is 3. The average molecular weight is 252 g/mol. The Labute approximate surface area is 108 Å². The molecule has 0 heterocycles. The van der Waals surface area contributed by atoms with Crippen molar-refractivity contribution in [2.24, 2.45) is 0 Å². The number of ketones is 1. The van der Waals surface area contributed by atoms with Gasteiger partial charge in [-0.25, -0.2) is 0 Å². The minimum atomic E-state index is 0.0645. The second-order valence-corrected chi connectivity index (χ2v) is 3.91. The molecule has 1 aromatic carbocycles. The molecule has 4 heteroatoms. The van der Waals surface area contributed by atoms with E-state index in [1.54, 1.807) is 19.2 Å². The van der Waals surface area contributed by atoms with Crippen LogP contribution in [0.5, 0.6) is 17.2 Å². The standard InChI is InChI=1S/C14H20O4/c1-5-6-7-11(15)10-8-9-12(16-2)14(18-4)13(10)17-3/h8-9H,5-7H2,1-4H3. The Morgan fingerprint density at radius 1 is 1.06 bits per heavy atom. The molecule has 0 aliphatic rings. The van der Waals surface area contributed by atoms with Crippen LogP contribution in [0.4, 0.5) is 0 Å². The van der Waals surface area contributed by atoms with Crippen LogP contribution in [0.25, 0.3) is 0 Å². The third-order valence-corrected chi connectivity index (χ3v) is 2.76. The molecule has 0 aromatic heterocycles. The number of carbonyl (C=O) groups excluding carboxylic acids is 1. The van der Waals surface area contributed by atoms with Crippen molar-refractivity contribution in [1.29, 1.82) is 0 Å². The summed E-state index contributed by atoms with van der Waals surface area (Å²) in [6, 6.07) is 3.44. The van der Waals surface area contributed by atoms with Gasteiger partial charge in [0.25, 0.3) is 0 Å². The Kier molecular flexibility index (Phi) is 5.49. The zero-order chi connectivity index (χ0) is 13.5. The van der Waals surface area contributed by atoms with Crippen LogP contribution < -0.4 is 14.2 Å².